The van der Waals surface area contributed by atoms with Crippen LogP contribution in [0.1, 0.15) is 6.92 Å². The lowest BCUT2D eigenvalue weighted by Gasteiger charge is -1.79. The van der Waals surface area contributed by atoms with Crippen LogP contribution < -0.4 is 0 Å². The monoisotopic (exact) mass is 115 g/mol. The first-order chi connectivity index (χ1) is 3.81. The van der Waals surface area contributed by atoms with E-state index < -0.39 is 5.97 Å². The normalized spacial score (nSPS) is 9.12. The second-order valence-corrected chi connectivity index (χ2v) is 0.985. The van der Waals surface area contributed by atoms with E-state index in [0.29, 0.717) is 0 Å². The van der Waals surface area contributed by atoms with Gasteiger partial charge in [0.1, 0.15) is 0 Å². The standard InChI is InChI=1S/C4H5NO3/c1-2-3-4(6)8-5-7/h2-3H,1H3. The Hall–Kier alpha value is -1.19. The van der Waals surface area contributed by atoms with Crippen LogP contribution in [-0.4, -0.2) is 5.97 Å². The maximum absolute atomic E-state index is 10.0. The van der Waals surface area contributed by atoms with Crippen LogP contribution in [0.2, 0.25) is 0 Å². The molecule has 0 aromatic heterocycles. The van der Waals surface area contributed by atoms with Gasteiger partial charge >= 0.3 is 5.97 Å². The van der Waals surface area contributed by atoms with Crippen molar-refractivity contribution in [3.63, 3.8) is 0 Å². The molecule has 0 saturated heterocycles. The summed E-state index contributed by atoms with van der Waals surface area (Å²) in [6.45, 7) is 1.63. The molecule has 0 atom stereocenters. The van der Waals surface area contributed by atoms with Gasteiger partial charge in [-0.25, -0.2) is 4.79 Å². The lowest BCUT2D eigenvalue weighted by Crippen LogP contribution is -1.91. The van der Waals surface area contributed by atoms with Crippen molar-refractivity contribution in [1.82, 2.24) is 0 Å². The average molecular weight is 115 g/mol. The Kier molecular flexibility index (Phi) is 3.39. The number of hydrogen-bond acceptors (Lipinski definition) is 4. The highest BCUT2D eigenvalue weighted by atomic mass is 16.7. The molecular weight excluding hydrogens is 110 g/mol. The quantitative estimate of drug-likeness (QED) is 0.303. The number of nitrogens with zero attached hydrogens (tertiary/aromatic N) is 1. The molecule has 4 heteroatoms. The van der Waals surface area contributed by atoms with E-state index in [0.717, 1.165) is 6.08 Å². The van der Waals surface area contributed by atoms with E-state index in [2.05, 4.69) is 4.84 Å². The summed E-state index contributed by atoms with van der Waals surface area (Å²) in [4.78, 5) is 22.8. The lowest BCUT2D eigenvalue weighted by molar-refractivity contribution is -0.138. The largest absolute Gasteiger partial charge is 0.361 e. The van der Waals surface area contributed by atoms with Crippen LogP contribution in [0, 0.1) is 4.91 Å². The van der Waals surface area contributed by atoms with Crippen LogP contribution in [0.15, 0.2) is 17.5 Å². The Balaban J connectivity index is 3.48. The van der Waals surface area contributed by atoms with Gasteiger partial charge in [0.15, 0.2) is 5.34 Å². The second kappa shape index (κ2) is 3.98. The predicted octanol–water partition coefficient (Wildman–Crippen LogP) is 0.787. The summed E-state index contributed by atoms with van der Waals surface area (Å²) in [5.74, 6) is -0.748. The zero-order valence-electron chi connectivity index (χ0n) is 4.33. The fraction of sp³-hybridized carbons (Fsp3) is 0.250. The van der Waals surface area contributed by atoms with E-state index in [4.69, 9.17) is 4.91 Å². The fourth-order valence-corrected chi connectivity index (χ4v) is 0.203. The first kappa shape index (κ1) is 6.81. The predicted molar refractivity (Wildman–Crippen MR) is 26.7 cm³/mol. The first-order valence-electron chi connectivity index (χ1n) is 1.97. The molecule has 0 saturated carbocycles. The number of carbonyl (C=O) groups is 1. The topological polar surface area (TPSA) is 55.7 Å². The molecule has 0 amide bonds. The highest BCUT2D eigenvalue weighted by Crippen LogP contribution is 1.79. The number of carbonyl (C=O) groups excluding carboxylic acids is 1. The molecule has 0 heterocycles. The Labute approximate surface area is 46.1 Å². The van der Waals surface area contributed by atoms with E-state index in [-0.39, 0.29) is 0 Å². The summed E-state index contributed by atoms with van der Waals surface area (Å²) in [6.07, 6.45) is 2.55. The van der Waals surface area contributed by atoms with Gasteiger partial charge in [0.2, 0.25) is 0 Å². The van der Waals surface area contributed by atoms with Gasteiger partial charge in [-0.2, -0.15) is 0 Å². The zero-order chi connectivity index (χ0) is 6.41. The van der Waals surface area contributed by atoms with Crippen molar-refractivity contribution in [3.8, 4) is 0 Å². The molecule has 4 nitrogen and oxygen atoms in total. The molecule has 0 N–H and O–H groups in total. The lowest BCUT2D eigenvalue weighted by atomic mass is 10.5. The average Bonchev–Trinajstić information content (AvgIpc) is 1.68. The molecular formula is C4H5NO3. The minimum Gasteiger partial charge on any atom is -0.280 e. The van der Waals surface area contributed by atoms with Gasteiger partial charge in [-0.05, 0) is 6.92 Å². The van der Waals surface area contributed by atoms with Crippen molar-refractivity contribution < 1.29 is 9.63 Å². The molecule has 0 bridgehead atoms. The van der Waals surface area contributed by atoms with Gasteiger partial charge < -0.3 is 0 Å². The van der Waals surface area contributed by atoms with Crippen LogP contribution >= 0.6 is 0 Å². The van der Waals surface area contributed by atoms with E-state index in [9.17, 15) is 4.79 Å². The summed E-state index contributed by atoms with van der Waals surface area (Å²) in [5.41, 5.74) is 0. The van der Waals surface area contributed by atoms with Crippen molar-refractivity contribution in [2.45, 2.75) is 6.92 Å². The third-order valence-corrected chi connectivity index (χ3v) is 0.430. The molecule has 0 radical (unpaired) electrons. The maximum atomic E-state index is 10.0. The van der Waals surface area contributed by atoms with Gasteiger partial charge in [-0.15, -0.1) is 4.91 Å². The number of hydrogen-bond donors (Lipinski definition) is 0. The third kappa shape index (κ3) is 3.02. The zero-order valence-corrected chi connectivity index (χ0v) is 4.33. The van der Waals surface area contributed by atoms with Crippen molar-refractivity contribution in [2.24, 2.45) is 5.34 Å². The van der Waals surface area contributed by atoms with Crippen LogP contribution in [0.4, 0.5) is 0 Å². The molecule has 44 valence electrons. The highest BCUT2D eigenvalue weighted by Gasteiger charge is 1.91. The van der Waals surface area contributed by atoms with E-state index in [1.165, 1.54) is 6.08 Å². The first-order valence-corrected chi connectivity index (χ1v) is 1.97. The highest BCUT2D eigenvalue weighted by molar-refractivity contribution is 5.81. The molecule has 0 aliphatic rings. The van der Waals surface area contributed by atoms with Gasteiger partial charge in [-0.3, -0.25) is 4.84 Å². The maximum Gasteiger partial charge on any atom is 0.361 e. The molecule has 0 aliphatic carbocycles. The van der Waals surface area contributed by atoms with E-state index in [1.54, 1.807) is 6.92 Å². The summed E-state index contributed by atoms with van der Waals surface area (Å²) >= 11 is 0. The Bertz CT molecular complexity index is 118. The Morgan fingerprint density at radius 1 is 1.75 bits per heavy atom. The van der Waals surface area contributed by atoms with Crippen LogP contribution in [-0.2, 0) is 9.63 Å². The summed E-state index contributed by atoms with van der Waals surface area (Å²) in [6, 6.07) is 0. The SMILES string of the molecule is CC=CC(=O)ON=O. The molecule has 0 unspecified atom stereocenters. The molecule has 0 aliphatic heterocycles. The molecule has 0 aromatic rings. The van der Waals surface area contributed by atoms with Crippen molar-refractivity contribution in [2.75, 3.05) is 0 Å². The second-order valence-electron chi connectivity index (χ2n) is 0.985. The summed E-state index contributed by atoms with van der Waals surface area (Å²) in [5, 5.41) is 1.90. The summed E-state index contributed by atoms with van der Waals surface area (Å²) in [7, 11) is 0. The van der Waals surface area contributed by atoms with Gasteiger partial charge in [0, 0.05) is 6.08 Å². The number of rotatable bonds is 2. The molecule has 0 rings (SSSR count). The van der Waals surface area contributed by atoms with Crippen molar-refractivity contribution >= 4 is 5.97 Å². The Morgan fingerprint density at radius 3 is 2.75 bits per heavy atom. The Morgan fingerprint density at radius 2 is 2.38 bits per heavy atom. The van der Waals surface area contributed by atoms with Crippen molar-refractivity contribution in [3.05, 3.63) is 17.1 Å². The van der Waals surface area contributed by atoms with Gasteiger partial charge in [0.25, 0.3) is 0 Å². The minimum atomic E-state index is -0.748. The molecule has 0 fully saturated rings. The van der Waals surface area contributed by atoms with E-state index >= 15 is 0 Å². The minimum absolute atomic E-state index is 0.748. The molecule has 0 aromatic carbocycles. The smallest absolute Gasteiger partial charge is 0.280 e. The molecule has 0 spiro atoms. The van der Waals surface area contributed by atoms with Gasteiger partial charge in [-0.1, -0.05) is 6.08 Å². The third-order valence-electron chi connectivity index (χ3n) is 0.430. The molecule has 8 heavy (non-hydrogen) atoms. The van der Waals surface area contributed by atoms with Crippen molar-refractivity contribution in [1.29, 1.82) is 0 Å². The van der Waals surface area contributed by atoms with Gasteiger partial charge in [0.05, 0.1) is 0 Å². The van der Waals surface area contributed by atoms with Crippen LogP contribution in [0.3, 0.4) is 0 Å². The van der Waals surface area contributed by atoms with E-state index in [1.807, 2.05) is 5.34 Å². The van der Waals surface area contributed by atoms with Crippen LogP contribution in [0.25, 0.3) is 0 Å². The fourth-order valence-electron chi connectivity index (χ4n) is 0.203. The van der Waals surface area contributed by atoms with Crippen LogP contribution in [0.5, 0.6) is 0 Å². The number of allylic oxidation sites excluding steroid dienone is 1. The summed E-state index contributed by atoms with van der Waals surface area (Å²) < 4.78 is 0.